The molecule has 0 aromatic rings. The molecule has 0 aliphatic rings. The van der Waals surface area contributed by atoms with Gasteiger partial charge in [0.1, 0.15) is 0 Å². The van der Waals surface area contributed by atoms with Gasteiger partial charge in [0.25, 0.3) is 5.92 Å². The molecule has 49 valence electrons. The van der Waals surface area contributed by atoms with Gasteiger partial charge in [-0.2, -0.15) is 11.8 Å². The molecule has 0 spiro atoms. The molecule has 0 aliphatic carbocycles. The van der Waals surface area contributed by atoms with E-state index in [1.165, 1.54) is 0 Å². The third-order valence-corrected chi connectivity index (χ3v) is 1.50. The summed E-state index contributed by atoms with van der Waals surface area (Å²) in [7, 11) is 0. The smallest absolute Gasteiger partial charge is 0.206 e. The molecule has 0 bridgehead atoms. The lowest BCUT2D eigenvalue weighted by Gasteiger charge is -2.06. The van der Waals surface area contributed by atoms with Crippen LogP contribution in [0.5, 0.6) is 0 Å². The standard InChI is InChI=1S/C5H9F2S/c1-3-8-4-5(2,6)7/h1,3-4H2,2H3. The zero-order valence-corrected chi connectivity index (χ0v) is 5.60. The fourth-order valence-corrected chi connectivity index (χ4v) is 0.754. The first-order valence-corrected chi connectivity index (χ1v) is 3.46. The fourth-order valence-electron chi connectivity index (χ4n) is 0.251. The van der Waals surface area contributed by atoms with Crippen molar-refractivity contribution >= 4 is 11.8 Å². The van der Waals surface area contributed by atoms with Gasteiger partial charge < -0.3 is 0 Å². The Morgan fingerprint density at radius 3 is 2.25 bits per heavy atom. The highest BCUT2D eigenvalue weighted by Gasteiger charge is 2.19. The van der Waals surface area contributed by atoms with Crippen LogP contribution in [0.15, 0.2) is 0 Å². The van der Waals surface area contributed by atoms with E-state index in [2.05, 4.69) is 6.92 Å². The second-order valence-corrected chi connectivity index (χ2v) is 2.73. The van der Waals surface area contributed by atoms with Crippen LogP contribution in [-0.4, -0.2) is 17.4 Å². The first-order valence-electron chi connectivity index (χ1n) is 2.31. The SMILES string of the molecule is [CH2]CSCC(C)(F)F. The summed E-state index contributed by atoms with van der Waals surface area (Å²) in [6.07, 6.45) is 0. The lowest BCUT2D eigenvalue weighted by atomic mass is 10.5. The Kier molecular flexibility index (Phi) is 3.36. The number of rotatable bonds is 3. The van der Waals surface area contributed by atoms with Crippen LogP contribution in [0, 0.1) is 6.92 Å². The average Bonchev–Trinajstić information content (AvgIpc) is 1.59. The molecule has 0 N–H and O–H groups in total. The van der Waals surface area contributed by atoms with E-state index in [-0.39, 0.29) is 5.75 Å². The van der Waals surface area contributed by atoms with Crippen LogP contribution >= 0.6 is 11.8 Å². The van der Waals surface area contributed by atoms with Crippen LogP contribution < -0.4 is 0 Å². The van der Waals surface area contributed by atoms with Crippen LogP contribution in [0.3, 0.4) is 0 Å². The van der Waals surface area contributed by atoms with Gasteiger partial charge in [-0.05, 0) is 12.7 Å². The molecule has 3 heteroatoms. The Morgan fingerprint density at radius 2 is 2.12 bits per heavy atom. The molecular formula is C5H9F2S. The summed E-state index contributed by atoms with van der Waals surface area (Å²) in [5, 5.41) is 0. The monoisotopic (exact) mass is 139 g/mol. The number of thioether (sulfide) groups is 1. The zero-order chi connectivity index (χ0) is 6.62. The summed E-state index contributed by atoms with van der Waals surface area (Å²) in [4.78, 5) is 0. The van der Waals surface area contributed by atoms with Gasteiger partial charge in [0, 0.05) is 6.92 Å². The summed E-state index contributed by atoms with van der Waals surface area (Å²) >= 11 is 1.15. The molecule has 0 heterocycles. The van der Waals surface area contributed by atoms with Crippen molar-refractivity contribution < 1.29 is 8.78 Å². The summed E-state index contributed by atoms with van der Waals surface area (Å²) in [5.41, 5.74) is 0. The van der Waals surface area contributed by atoms with E-state index in [0.29, 0.717) is 5.75 Å². The molecule has 0 aromatic carbocycles. The van der Waals surface area contributed by atoms with E-state index < -0.39 is 5.92 Å². The third-order valence-electron chi connectivity index (χ3n) is 0.500. The van der Waals surface area contributed by atoms with Crippen molar-refractivity contribution in [3.05, 3.63) is 6.92 Å². The largest absolute Gasteiger partial charge is 0.254 e. The van der Waals surface area contributed by atoms with Gasteiger partial charge in [0.15, 0.2) is 0 Å². The van der Waals surface area contributed by atoms with E-state index in [4.69, 9.17) is 0 Å². The summed E-state index contributed by atoms with van der Waals surface area (Å²) in [6.45, 7) is 4.33. The predicted octanol–water partition coefficient (Wildman–Crippen LogP) is 2.21. The first kappa shape index (κ1) is 8.21. The molecule has 0 atom stereocenters. The number of halogens is 2. The highest BCUT2D eigenvalue weighted by Crippen LogP contribution is 2.17. The Hall–Kier alpha value is 0.210. The van der Waals surface area contributed by atoms with E-state index in [0.717, 1.165) is 18.7 Å². The minimum atomic E-state index is -2.53. The molecular weight excluding hydrogens is 130 g/mol. The molecule has 0 unspecified atom stereocenters. The van der Waals surface area contributed by atoms with E-state index in [1.807, 2.05) is 0 Å². The first-order chi connectivity index (χ1) is 3.56. The highest BCUT2D eigenvalue weighted by atomic mass is 32.2. The Labute approximate surface area is 52.7 Å². The topological polar surface area (TPSA) is 0 Å². The van der Waals surface area contributed by atoms with Crippen LogP contribution in [0.2, 0.25) is 0 Å². The predicted molar refractivity (Wildman–Crippen MR) is 33.3 cm³/mol. The fraction of sp³-hybridized carbons (Fsp3) is 0.800. The van der Waals surface area contributed by atoms with Crippen molar-refractivity contribution in [3.63, 3.8) is 0 Å². The highest BCUT2D eigenvalue weighted by molar-refractivity contribution is 7.99. The second-order valence-electron chi connectivity index (χ2n) is 1.62. The molecule has 0 aliphatic heterocycles. The van der Waals surface area contributed by atoms with Crippen LogP contribution in [-0.2, 0) is 0 Å². The summed E-state index contributed by atoms with van der Waals surface area (Å²) < 4.78 is 23.7. The molecule has 0 aromatic heterocycles. The second kappa shape index (κ2) is 3.28. The maximum Gasteiger partial charge on any atom is 0.254 e. The zero-order valence-electron chi connectivity index (χ0n) is 4.79. The number of hydrogen-bond donors (Lipinski definition) is 0. The van der Waals surface area contributed by atoms with Crippen molar-refractivity contribution in [3.8, 4) is 0 Å². The lowest BCUT2D eigenvalue weighted by molar-refractivity contribution is 0.0493. The Morgan fingerprint density at radius 1 is 1.62 bits per heavy atom. The third kappa shape index (κ3) is 6.21. The Bertz CT molecular complexity index is 57.9. The number of alkyl halides is 2. The van der Waals surface area contributed by atoms with E-state index >= 15 is 0 Å². The van der Waals surface area contributed by atoms with Gasteiger partial charge >= 0.3 is 0 Å². The van der Waals surface area contributed by atoms with Crippen molar-refractivity contribution in [2.24, 2.45) is 0 Å². The van der Waals surface area contributed by atoms with Gasteiger partial charge in [0.2, 0.25) is 0 Å². The maximum absolute atomic E-state index is 11.9. The minimum absolute atomic E-state index is 0.115. The Balaban J connectivity index is 3.11. The van der Waals surface area contributed by atoms with Crippen molar-refractivity contribution in [1.82, 2.24) is 0 Å². The number of hydrogen-bond acceptors (Lipinski definition) is 1. The van der Waals surface area contributed by atoms with Crippen molar-refractivity contribution in [2.75, 3.05) is 11.5 Å². The van der Waals surface area contributed by atoms with Gasteiger partial charge in [0.05, 0.1) is 5.75 Å². The average molecular weight is 139 g/mol. The van der Waals surface area contributed by atoms with E-state index in [9.17, 15) is 8.78 Å². The lowest BCUT2D eigenvalue weighted by Crippen LogP contribution is -2.12. The summed E-state index contributed by atoms with van der Waals surface area (Å²) in [6, 6.07) is 0. The van der Waals surface area contributed by atoms with Gasteiger partial charge in [-0.1, -0.05) is 0 Å². The molecule has 0 rings (SSSR count). The molecule has 0 saturated carbocycles. The molecule has 0 fully saturated rings. The van der Waals surface area contributed by atoms with Crippen LogP contribution in [0.1, 0.15) is 6.92 Å². The van der Waals surface area contributed by atoms with E-state index in [1.54, 1.807) is 0 Å². The molecule has 0 amide bonds. The summed E-state index contributed by atoms with van der Waals surface area (Å²) in [5.74, 6) is -2.12. The van der Waals surface area contributed by atoms with Crippen molar-refractivity contribution in [2.45, 2.75) is 12.8 Å². The molecule has 0 saturated heterocycles. The molecule has 1 radical (unpaired) electrons. The normalized spacial score (nSPS) is 12.0. The quantitative estimate of drug-likeness (QED) is 0.577. The molecule has 0 nitrogen and oxygen atoms in total. The minimum Gasteiger partial charge on any atom is -0.206 e. The van der Waals surface area contributed by atoms with Crippen molar-refractivity contribution in [1.29, 1.82) is 0 Å². The van der Waals surface area contributed by atoms with Gasteiger partial charge in [-0.15, -0.1) is 0 Å². The maximum atomic E-state index is 11.9. The van der Waals surface area contributed by atoms with Crippen LogP contribution in [0.4, 0.5) is 8.78 Å². The van der Waals surface area contributed by atoms with Gasteiger partial charge in [-0.25, -0.2) is 8.78 Å². The molecule has 8 heavy (non-hydrogen) atoms. The van der Waals surface area contributed by atoms with Gasteiger partial charge in [-0.3, -0.25) is 0 Å². The van der Waals surface area contributed by atoms with Crippen LogP contribution in [0.25, 0.3) is 0 Å².